The minimum Gasteiger partial charge on any atom is -0.368 e. The highest BCUT2D eigenvalue weighted by Gasteiger charge is 2.43. The average Bonchev–Trinajstić information content (AvgIpc) is 3.41. The van der Waals surface area contributed by atoms with Gasteiger partial charge in [0.25, 0.3) is 11.8 Å². The first-order chi connectivity index (χ1) is 15.5. The van der Waals surface area contributed by atoms with Gasteiger partial charge in [-0.3, -0.25) is 9.59 Å². The van der Waals surface area contributed by atoms with E-state index >= 15 is 0 Å². The van der Waals surface area contributed by atoms with Crippen molar-refractivity contribution in [3.63, 3.8) is 0 Å². The molecule has 2 aliphatic rings. The van der Waals surface area contributed by atoms with Gasteiger partial charge in [-0.05, 0) is 54.6 Å². The van der Waals surface area contributed by atoms with Gasteiger partial charge in [-0.1, -0.05) is 36.4 Å². The fraction of sp³-hybridized carbons (Fsp3) is 0.231. The van der Waals surface area contributed by atoms with E-state index in [0.29, 0.717) is 30.0 Å². The van der Waals surface area contributed by atoms with Crippen LogP contribution < -0.4 is 9.80 Å². The zero-order valence-electron chi connectivity index (χ0n) is 18.2. The molecule has 2 aromatic carbocycles. The summed E-state index contributed by atoms with van der Waals surface area (Å²) in [6.07, 6.45) is 0. The number of piperazine rings is 1. The van der Waals surface area contributed by atoms with Crippen molar-refractivity contribution in [3.8, 4) is 0 Å². The van der Waals surface area contributed by atoms with Gasteiger partial charge in [0, 0.05) is 36.7 Å². The van der Waals surface area contributed by atoms with E-state index in [-0.39, 0.29) is 11.8 Å². The molecule has 1 aromatic heterocycles. The van der Waals surface area contributed by atoms with Crippen LogP contribution in [0.25, 0.3) is 5.57 Å². The van der Waals surface area contributed by atoms with Crippen LogP contribution in [0.4, 0.5) is 11.4 Å². The first kappa shape index (κ1) is 20.5. The number of benzene rings is 2. The Morgan fingerprint density at radius 3 is 2.22 bits per heavy atom. The van der Waals surface area contributed by atoms with Crippen molar-refractivity contribution in [1.29, 1.82) is 0 Å². The summed E-state index contributed by atoms with van der Waals surface area (Å²) in [5.41, 5.74) is 5.06. The van der Waals surface area contributed by atoms with Crippen LogP contribution in [0.5, 0.6) is 0 Å². The van der Waals surface area contributed by atoms with Crippen molar-refractivity contribution in [2.45, 2.75) is 13.8 Å². The van der Waals surface area contributed by atoms with Gasteiger partial charge in [0.2, 0.25) is 0 Å². The van der Waals surface area contributed by atoms with Crippen molar-refractivity contribution in [1.82, 2.24) is 4.90 Å². The summed E-state index contributed by atoms with van der Waals surface area (Å²) in [5, 5.41) is 1.95. The lowest BCUT2D eigenvalue weighted by Gasteiger charge is -2.37. The van der Waals surface area contributed by atoms with Gasteiger partial charge in [0.15, 0.2) is 0 Å². The molecule has 0 unspecified atom stereocenters. The molecule has 2 aliphatic heterocycles. The van der Waals surface area contributed by atoms with Gasteiger partial charge in [0.1, 0.15) is 5.70 Å². The molecule has 6 heteroatoms. The molecule has 0 spiro atoms. The molecule has 5 nitrogen and oxygen atoms in total. The highest BCUT2D eigenvalue weighted by molar-refractivity contribution is 7.11. The fourth-order valence-electron chi connectivity index (χ4n) is 4.50. The summed E-state index contributed by atoms with van der Waals surface area (Å²) in [6.45, 7) is 7.02. The summed E-state index contributed by atoms with van der Waals surface area (Å²) < 4.78 is 0. The van der Waals surface area contributed by atoms with E-state index in [1.54, 1.807) is 0 Å². The standard InChI is InChI=1S/C26H25N3O2S/c1-18-7-5-9-20(17-18)27-12-14-28(15-13-27)24-23(22-11-6-16-32-22)25(30)29(26(24)31)21-10-4-3-8-19(21)2/h3-11,16-17H,12-15H2,1-2H3. The van der Waals surface area contributed by atoms with Crippen LogP contribution in [0.3, 0.4) is 0 Å². The van der Waals surface area contributed by atoms with E-state index in [1.807, 2.05) is 48.7 Å². The number of nitrogens with zero attached hydrogens (tertiary/aromatic N) is 3. The molecule has 1 saturated heterocycles. The molecule has 0 N–H and O–H groups in total. The van der Waals surface area contributed by atoms with Gasteiger partial charge >= 0.3 is 0 Å². The number of rotatable bonds is 4. The molecule has 0 aliphatic carbocycles. The largest absolute Gasteiger partial charge is 0.368 e. The molecule has 3 aromatic rings. The number of imide groups is 1. The molecule has 2 amide bonds. The zero-order chi connectivity index (χ0) is 22.2. The predicted molar refractivity (Wildman–Crippen MR) is 130 cm³/mol. The van der Waals surface area contributed by atoms with Gasteiger partial charge in [-0.15, -0.1) is 11.3 Å². The molecule has 3 heterocycles. The Balaban J connectivity index is 1.47. The summed E-state index contributed by atoms with van der Waals surface area (Å²) in [4.78, 5) is 33.9. The number of hydrogen-bond acceptors (Lipinski definition) is 5. The van der Waals surface area contributed by atoms with Crippen LogP contribution in [0.15, 0.2) is 71.7 Å². The number of aryl methyl sites for hydroxylation is 2. The maximum atomic E-state index is 13.7. The molecular formula is C26H25N3O2S. The number of para-hydroxylation sites is 1. The van der Waals surface area contributed by atoms with Crippen LogP contribution in [0, 0.1) is 13.8 Å². The second kappa shape index (κ2) is 8.28. The molecule has 0 bridgehead atoms. The number of hydrogen-bond donors (Lipinski definition) is 0. The average molecular weight is 444 g/mol. The molecule has 162 valence electrons. The van der Waals surface area contributed by atoms with Gasteiger partial charge < -0.3 is 9.80 Å². The SMILES string of the molecule is Cc1cccc(N2CCN(C3=C(c4cccs4)C(=O)N(c4ccccc4C)C3=O)CC2)c1. The maximum absolute atomic E-state index is 13.7. The zero-order valence-corrected chi connectivity index (χ0v) is 19.1. The number of carbonyl (C=O) groups excluding carboxylic acids is 2. The third kappa shape index (κ3) is 3.50. The van der Waals surface area contributed by atoms with Gasteiger partial charge in [-0.2, -0.15) is 0 Å². The number of carbonyl (C=O) groups is 2. The molecule has 0 saturated carbocycles. The normalized spacial score (nSPS) is 17.0. The Morgan fingerprint density at radius 2 is 1.53 bits per heavy atom. The minimum absolute atomic E-state index is 0.225. The predicted octanol–water partition coefficient (Wildman–Crippen LogP) is 4.47. The Morgan fingerprint density at radius 1 is 0.781 bits per heavy atom. The third-order valence-electron chi connectivity index (χ3n) is 6.15. The lowest BCUT2D eigenvalue weighted by Crippen LogP contribution is -2.47. The van der Waals surface area contributed by atoms with Crippen LogP contribution in [-0.4, -0.2) is 42.9 Å². The van der Waals surface area contributed by atoms with E-state index in [0.717, 1.165) is 23.5 Å². The first-order valence-corrected chi connectivity index (χ1v) is 11.7. The Kier molecular flexibility index (Phi) is 5.31. The monoisotopic (exact) mass is 443 g/mol. The van der Waals surface area contributed by atoms with Crippen molar-refractivity contribution in [2.24, 2.45) is 0 Å². The quantitative estimate of drug-likeness (QED) is 0.558. The van der Waals surface area contributed by atoms with Gasteiger partial charge in [-0.25, -0.2) is 4.90 Å². The Hall–Kier alpha value is -3.38. The number of amides is 2. The van der Waals surface area contributed by atoms with E-state index in [9.17, 15) is 9.59 Å². The highest BCUT2D eigenvalue weighted by atomic mass is 32.1. The van der Waals surface area contributed by atoms with Crippen LogP contribution in [-0.2, 0) is 9.59 Å². The van der Waals surface area contributed by atoms with Crippen molar-refractivity contribution in [2.75, 3.05) is 36.0 Å². The van der Waals surface area contributed by atoms with Crippen molar-refractivity contribution in [3.05, 3.63) is 87.7 Å². The lowest BCUT2D eigenvalue weighted by molar-refractivity contribution is -0.120. The summed E-state index contributed by atoms with van der Waals surface area (Å²) in [6, 6.07) is 19.9. The third-order valence-corrected chi connectivity index (χ3v) is 7.03. The molecule has 0 radical (unpaired) electrons. The Labute approximate surface area is 192 Å². The molecule has 0 atom stereocenters. The summed E-state index contributed by atoms with van der Waals surface area (Å²) in [5.74, 6) is -0.459. The first-order valence-electron chi connectivity index (χ1n) is 10.8. The molecule has 1 fully saturated rings. The van der Waals surface area contributed by atoms with Crippen molar-refractivity contribution >= 4 is 40.1 Å². The minimum atomic E-state index is -0.233. The van der Waals surface area contributed by atoms with E-state index in [2.05, 4.69) is 41.0 Å². The lowest BCUT2D eigenvalue weighted by atomic mass is 10.1. The second-order valence-electron chi connectivity index (χ2n) is 8.25. The summed E-state index contributed by atoms with van der Waals surface area (Å²) >= 11 is 1.50. The number of thiophene rings is 1. The maximum Gasteiger partial charge on any atom is 0.282 e. The fourth-order valence-corrected chi connectivity index (χ4v) is 5.26. The van der Waals surface area contributed by atoms with Crippen LogP contribution >= 0.6 is 11.3 Å². The molecular weight excluding hydrogens is 418 g/mol. The van der Waals surface area contributed by atoms with Crippen molar-refractivity contribution < 1.29 is 9.59 Å². The number of anilines is 2. The second-order valence-corrected chi connectivity index (χ2v) is 9.19. The topological polar surface area (TPSA) is 43.9 Å². The molecule has 5 rings (SSSR count). The molecule has 32 heavy (non-hydrogen) atoms. The van der Waals surface area contributed by atoms with E-state index in [4.69, 9.17) is 0 Å². The van der Waals surface area contributed by atoms with Crippen LogP contribution in [0.1, 0.15) is 16.0 Å². The van der Waals surface area contributed by atoms with E-state index < -0.39 is 0 Å². The van der Waals surface area contributed by atoms with Crippen LogP contribution in [0.2, 0.25) is 0 Å². The summed E-state index contributed by atoms with van der Waals surface area (Å²) in [7, 11) is 0. The Bertz CT molecular complexity index is 1210. The smallest absolute Gasteiger partial charge is 0.282 e. The van der Waals surface area contributed by atoms with Gasteiger partial charge in [0.05, 0.1) is 11.3 Å². The van der Waals surface area contributed by atoms with E-state index in [1.165, 1.54) is 27.5 Å². The highest BCUT2D eigenvalue weighted by Crippen LogP contribution is 2.38.